The molecule has 2 fully saturated rings. The van der Waals surface area contributed by atoms with Crippen molar-refractivity contribution in [1.29, 1.82) is 0 Å². The van der Waals surface area contributed by atoms with Crippen molar-refractivity contribution in [2.75, 3.05) is 0 Å². The topological polar surface area (TPSA) is 98.9 Å². The molecule has 1 aliphatic carbocycles. The molecule has 0 radical (unpaired) electrons. The Morgan fingerprint density at radius 2 is 1.96 bits per heavy atom. The van der Waals surface area contributed by atoms with Gasteiger partial charge in [-0.2, -0.15) is 4.99 Å². The first kappa shape index (κ1) is 18.9. The minimum atomic E-state index is -0.216. The summed E-state index contributed by atoms with van der Waals surface area (Å²) in [5, 5.41) is 29.3. The average molecular weight is 417 g/mol. The van der Waals surface area contributed by atoms with Gasteiger partial charge in [0, 0.05) is 6.04 Å². The second kappa shape index (κ2) is 7.92. The molecule has 0 spiro atoms. The Labute approximate surface area is 170 Å². The summed E-state index contributed by atoms with van der Waals surface area (Å²) in [6, 6.07) is 4.64. The molecule has 0 bridgehead atoms. The molecule has 2 N–H and O–H groups in total. The Kier molecular flexibility index (Phi) is 5.36. The van der Waals surface area contributed by atoms with Crippen LogP contribution in [0.5, 0.6) is 11.5 Å². The van der Waals surface area contributed by atoms with Crippen molar-refractivity contribution in [3.05, 3.63) is 33.7 Å². The van der Waals surface area contributed by atoms with Crippen LogP contribution in [0.4, 0.5) is 5.13 Å². The van der Waals surface area contributed by atoms with Crippen molar-refractivity contribution in [3.8, 4) is 11.5 Å². The van der Waals surface area contributed by atoms with Crippen molar-refractivity contribution in [3.63, 3.8) is 0 Å². The lowest BCUT2D eigenvalue weighted by molar-refractivity contribution is -0.124. The highest BCUT2D eigenvalue weighted by Crippen LogP contribution is 2.39. The maximum atomic E-state index is 13.2. The van der Waals surface area contributed by atoms with E-state index in [1.54, 1.807) is 17.0 Å². The zero-order chi connectivity index (χ0) is 19.7. The second-order valence-electron chi connectivity index (χ2n) is 6.82. The lowest BCUT2D eigenvalue weighted by Crippen LogP contribution is -2.40. The molecule has 0 unspecified atom stereocenters. The van der Waals surface area contributed by atoms with Crippen LogP contribution in [0.1, 0.15) is 42.7 Å². The second-order valence-corrected chi connectivity index (χ2v) is 8.99. The highest BCUT2D eigenvalue weighted by molar-refractivity contribution is 8.18. The first-order valence-corrected chi connectivity index (χ1v) is 10.8. The molecule has 2 heterocycles. The predicted molar refractivity (Wildman–Crippen MR) is 111 cm³/mol. The number of benzene rings is 1. The van der Waals surface area contributed by atoms with Gasteiger partial charge in [-0.15, -0.1) is 10.2 Å². The van der Waals surface area contributed by atoms with Crippen LogP contribution in [-0.2, 0) is 4.79 Å². The third-order valence-electron chi connectivity index (χ3n) is 4.78. The molecule has 1 saturated heterocycles. The standard InChI is InChI=1S/C19H20N4O3S2/c1-11-21-22-18(27-11)20-19-23(13-5-3-2-4-6-13)17(26)16(28-19)10-12-7-8-14(24)15(25)9-12/h7-10,13,24-25H,2-6H2,1H3/b16-10-,20-19+. The summed E-state index contributed by atoms with van der Waals surface area (Å²) < 4.78 is 0. The number of nitrogens with zero attached hydrogens (tertiary/aromatic N) is 4. The molecule has 1 saturated carbocycles. The first-order chi connectivity index (χ1) is 13.5. The van der Waals surface area contributed by atoms with E-state index in [-0.39, 0.29) is 23.4 Å². The number of carbonyl (C=O) groups excluding carboxylic acids is 1. The van der Waals surface area contributed by atoms with E-state index < -0.39 is 0 Å². The number of carbonyl (C=O) groups is 1. The van der Waals surface area contributed by atoms with E-state index in [0.717, 1.165) is 30.7 Å². The van der Waals surface area contributed by atoms with Gasteiger partial charge < -0.3 is 10.2 Å². The van der Waals surface area contributed by atoms with E-state index >= 15 is 0 Å². The lowest BCUT2D eigenvalue weighted by atomic mass is 9.94. The van der Waals surface area contributed by atoms with Crippen molar-refractivity contribution in [2.45, 2.75) is 45.1 Å². The fourth-order valence-electron chi connectivity index (χ4n) is 3.42. The fraction of sp³-hybridized carbons (Fsp3) is 0.368. The van der Waals surface area contributed by atoms with Crippen LogP contribution < -0.4 is 0 Å². The maximum absolute atomic E-state index is 13.2. The number of hydrogen-bond acceptors (Lipinski definition) is 8. The summed E-state index contributed by atoms with van der Waals surface area (Å²) >= 11 is 2.70. The van der Waals surface area contributed by atoms with Crippen LogP contribution >= 0.6 is 23.1 Å². The van der Waals surface area contributed by atoms with Gasteiger partial charge in [-0.05, 0) is 55.3 Å². The third kappa shape index (κ3) is 3.90. The maximum Gasteiger partial charge on any atom is 0.267 e. The number of aromatic nitrogens is 2. The van der Waals surface area contributed by atoms with Crippen molar-refractivity contribution in [1.82, 2.24) is 15.1 Å². The monoisotopic (exact) mass is 416 g/mol. The number of rotatable bonds is 3. The normalized spacial score (nSPS) is 21.2. The smallest absolute Gasteiger partial charge is 0.267 e. The summed E-state index contributed by atoms with van der Waals surface area (Å²) in [6.45, 7) is 1.87. The summed E-state index contributed by atoms with van der Waals surface area (Å²) in [6.07, 6.45) is 7.06. The van der Waals surface area contributed by atoms with Gasteiger partial charge in [-0.3, -0.25) is 9.69 Å². The van der Waals surface area contributed by atoms with Crippen LogP contribution in [0.25, 0.3) is 6.08 Å². The van der Waals surface area contributed by atoms with Gasteiger partial charge in [0.05, 0.1) is 4.91 Å². The summed E-state index contributed by atoms with van der Waals surface area (Å²) in [7, 11) is 0. The fourth-order valence-corrected chi connectivity index (χ4v) is 5.08. The third-order valence-corrected chi connectivity index (χ3v) is 6.50. The van der Waals surface area contributed by atoms with Gasteiger partial charge in [0.2, 0.25) is 5.13 Å². The van der Waals surface area contributed by atoms with E-state index in [1.807, 2.05) is 6.92 Å². The summed E-state index contributed by atoms with van der Waals surface area (Å²) in [5.41, 5.74) is 0.641. The van der Waals surface area contributed by atoms with Gasteiger partial charge in [0.25, 0.3) is 5.91 Å². The first-order valence-electron chi connectivity index (χ1n) is 9.15. The number of aryl methyl sites for hydroxylation is 1. The van der Waals surface area contributed by atoms with E-state index in [2.05, 4.69) is 15.2 Å². The van der Waals surface area contributed by atoms with Crippen LogP contribution in [0.15, 0.2) is 28.1 Å². The number of phenols is 2. The molecule has 1 amide bonds. The minimum Gasteiger partial charge on any atom is -0.504 e. The molecule has 2 aliphatic rings. The van der Waals surface area contributed by atoms with Crippen LogP contribution in [0, 0.1) is 6.92 Å². The number of phenolic OH excluding ortho intramolecular Hbond substituents is 2. The molecule has 1 aromatic carbocycles. The number of hydrogen-bond donors (Lipinski definition) is 2. The van der Waals surface area contributed by atoms with E-state index in [9.17, 15) is 15.0 Å². The van der Waals surface area contributed by atoms with E-state index in [4.69, 9.17) is 0 Å². The lowest BCUT2D eigenvalue weighted by Gasteiger charge is -2.30. The molecule has 28 heavy (non-hydrogen) atoms. The largest absolute Gasteiger partial charge is 0.504 e. The van der Waals surface area contributed by atoms with Crippen molar-refractivity contribution >= 4 is 45.4 Å². The molecule has 4 rings (SSSR count). The molecular weight excluding hydrogens is 396 g/mol. The quantitative estimate of drug-likeness (QED) is 0.575. The Morgan fingerprint density at radius 1 is 1.18 bits per heavy atom. The number of amidine groups is 1. The molecule has 2 aromatic rings. The molecule has 1 aromatic heterocycles. The van der Waals surface area contributed by atoms with Gasteiger partial charge >= 0.3 is 0 Å². The van der Waals surface area contributed by atoms with Crippen molar-refractivity contribution < 1.29 is 15.0 Å². The van der Waals surface area contributed by atoms with Crippen LogP contribution in [0.3, 0.4) is 0 Å². The van der Waals surface area contributed by atoms with Gasteiger partial charge in [-0.1, -0.05) is 36.7 Å². The SMILES string of the molecule is Cc1nnc(/N=C2/S/C(=C\c3ccc(O)c(O)c3)C(=O)N2C2CCCCC2)s1. The van der Waals surface area contributed by atoms with E-state index in [0.29, 0.717) is 20.8 Å². The van der Waals surface area contributed by atoms with Gasteiger partial charge in [0.15, 0.2) is 16.7 Å². The Morgan fingerprint density at radius 3 is 2.64 bits per heavy atom. The molecule has 9 heteroatoms. The number of amides is 1. The number of aromatic hydroxyl groups is 2. The summed E-state index contributed by atoms with van der Waals surface area (Å²) in [5.74, 6) is -0.484. The molecular formula is C19H20N4O3S2. The van der Waals surface area contributed by atoms with Crippen LogP contribution in [-0.4, -0.2) is 42.4 Å². The molecule has 146 valence electrons. The molecule has 7 nitrogen and oxygen atoms in total. The zero-order valence-electron chi connectivity index (χ0n) is 15.3. The zero-order valence-corrected chi connectivity index (χ0v) is 17.0. The van der Waals surface area contributed by atoms with E-state index in [1.165, 1.54) is 41.7 Å². The minimum absolute atomic E-state index is 0.0792. The van der Waals surface area contributed by atoms with Gasteiger partial charge in [-0.25, -0.2) is 0 Å². The van der Waals surface area contributed by atoms with Crippen molar-refractivity contribution in [2.24, 2.45) is 4.99 Å². The summed E-state index contributed by atoms with van der Waals surface area (Å²) in [4.78, 5) is 20.1. The van der Waals surface area contributed by atoms with Gasteiger partial charge in [0.1, 0.15) is 5.01 Å². The predicted octanol–water partition coefficient (Wildman–Crippen LogP) is 4.19. The highest BCUT2D eigenvalue weighted by Gasteiger charge is 2.38. The van der Waals surface area contributed by atoms with Crippen LogP contribution in [0.2, 0.25) is 0 Å². The average Bonchev–Trinajstić information content (AvgIpc) is 3.22. The number of aliphatic imine (C=N–C) groups is 1. The Hall–Kier alpha value is -2.39. The Balaban J connectivity index is 1.69. The Bertz CT molecular complexity index is 964. The molecule has 1 aliphatic heterocycles. The highest BCUT2D eigenvalue weighted by atomic mass is 32.2. The number of thioether (sulfide) groups is 1. The molecule has 0 atom stereocenters.